The highest BCUT2D eigenvalue weighted by molar-refractivity contribution is 9.10. The predicted octanol–water partition coefficient (Wildman–Crippen LogP) is 4.32. The number of amides is 3. The lowest BCUT2D eigenvalue weighted by molar-refractivity contribution is -0.134. The molecule has 0 unspecified atom stereocenters. The van der Waals surface area contributed by atoms with E-state index in [1.54, 1.807) is 26.1 Å². The molecule has 0 saturated carbocycles. The number of carbonyl (C=O) groups is 3. The fourth-order valence-corrected chi connectivity index (χ4v) is 5.16. The second-order valence-electron chi connectivity index (χ2n) is 11.3. The van der Waals surface area contributed by atoms with E-state index in [0.717, 1.165) is 21.5 Å². The molecular formula is C30H39BrClN7O4. The van der Waals surface area contributed by atoms with Crippen molar-refractivity contribution < 1.29 is 19.1 Å². The van der Waals surface area contributed by atoms with Gasteiger partial charge in [0.2, 0.25) is 5.91 Å². The van der Waals surface area contributed by atoms with Gasteiger partial charge in [0, 0.05) is 15.9 Å². The van der Waals surface area contributed by atoms with Gasteiger partial charge in [-0.15, -0.1) is 12.4 Å². The summed E-state index contributed by atoms with van der Waals surface area (Å²) in [7, 11) is 3.14. The number of nitrogens with zero attached hydrogens (tertiary/aromatic N) is 3. The fraction of sp³-hybridized carbons (Fsp3) is 0.433. The number of rotatable bonds is 9. The summed E-state index contributed by atoms with van der Waals surface area (Å²) in [6.07, 6.45) is 2.82. The van der Waals surface area contributed by atoms with Crippen molar-refractivity contribution in [2.24, 2.45) is 5.41 Å². The van der Waals surface area contributed by atoms with Gasteiger partial charge in [0.1, 0.15) is 23.9 Å². The summed E-state index contributed by atoms with van der Waals surface area (Å²) in [6, 6.07) is 8.86. The van der Waals surface area contributed by atoms with Crippen molar-refractivity contribution in [2.75, 3.05) is 30.9 Å². The molecule has 1 aliphatic rings. The standard InChI is InChI=1S/C30H38BrN7O4.ClH/c1-17(32-5)27(39)37-25(30(2,3)4)29(41)38(28(40)21-12-9-13-33-21)23-14-18-22(15-24(23)42-6)34-16-35-26(18)36-20-11-8-7-10-19(20)31;/h7-8,10-11,14-17,21,25,32-33H,9,12-13H2,1-6H3,(H,37,39)(H,34,35,36);1H/t17-,21-,25+;/m0./s1. The summed E-state index contributed by atoms with van der Waals surface area (Å²) in [5.74, 6) is -0.561. The summed E-state index contributed by atoms with van der Waals surface area (Å²) < 4.78 is 6.56. The number of hydrogen-bond donors (Lipinski definition) is 4. The Kier molecular flexibility index (Phi) is 11.5. The van der Waals surface area contributed by atoms with Crippen LogP contribution in [0.5, 0.6) is 5.75 Å². The molecule has 2 aromatic carbocycles. The molecule has 1 aromatic heterocycles. The average Bonchev–Trinajstić information content (AvgIpc) is 3.51. The van der Waals surface area contributed by atoms with Crippen LogP contribution >= 0.6 is 28.3 Å². The lowest BCUT2D eigenvalue weighted by Crippen LogP contribution is -2.60. The normalized spacial score (nSPS) is 16.1. The van der Waals surface area contributed by atoms with E-state index in [-0.39, 0.29) is 29.8 Å². The maximum absolute atomic E-state index is 14.5. The van der Waals surface area contributed by atoms with Crippen LogP contribution in [0.3, 0.4) is 0 Å². The number of benzene rings is 2. The smallest absolute Gasteiger partial charge is 0.257 e. The molecular weight excluding hydrogens is 638 g/mol. The van der Waals surface area contributed by atoms with Crippen molar-refractivity contribution in [3.8, 4) is 5.75 Å². The Bertz CT molecular complexity index is 1480. The van der Waals surface area contributed by atoms with Crippen LogP contribution in [0, 0.1) is 5.41 Å². The Morgan fingerprint density at radius 2 is 1.88 bits per heavy atom. The third-order valence-corrected chi connectivity index (χ3v) is 8.02. The lowest BCUT2D eigenvalue weighted by atomic mass is 9.85. The highest BCUT2D eigenvalue weighted by atomic mass is 79.9. The molecule has 1 saturated heterocycles. The van der Waals surface area contributed by atoms with Gasteiger partial charge in [-0.3, -0.25) is 14.4 Å². The molecule has 1 aliphatic heterocycles. The van der Waals surface area contributed by atoms with Gasteiger partial charge >= 0.3 is 0 Å². The van der Waals surface area contributed by atoms with Gasteiger partial charge in [-0.05, 0) is 72.9 Å². The minimum atomic E-state index is -1.02. The van der Waals surface area contributed by atoms with Gasteiger partial charge in [-0.1, -0.05) is 32.9 Å². The van der Waals surface area contributed by atoms with Gasteiger partial charge in [-0.25, -0.2) is 14.9 Å². The number of methoxy groups -OCH3 is 1. The summed E-state index contributed by atoms with van der Waals surface area (Å²) in [5, 5.41) is 12.9. The van der Waals surface area contributed by atoms with Crippen molar-refractivity contribution in [1.82, 2.24) is 25.9 Å². The quantitative estimate of drug-likeness (QED) is 0.261. The molecule has 0 bridgehead atoms. The number of ether oxygens (including phenoxy) is 1. The molecule has 0 aliphatic carbocycles. The summed E-state index contributed by atoms with van der Waals surface area (Å²) in [6.45, 7) is 7.92. The van der Waals surface area contributed by atoms with Crippen molar-refractivity contribution in [3.63, 3.8) is 0 Å². The van der Waals surface area contributed by atoms with Crippen molar-refractivity contribution in [1.29, 1.82) is 0 Å². The van der Waals surface area contributed by atoms with Gasteiger partial charge in [0.25, 0.3) is 11.8 Å². The Balaban J connectivity index is 0.00000506. The van der Waals surface area contributed by atoms with Crippen LogP contribution < -0.4 is 30.9 Å². The number of para-hydroxylation sites is 1. The highest BCUT2D eigenvalue weighted by Crippen LogP contribution is 2.38. The Morgan fingerprint density at radius 1 is 1.16 bits per heavy atom. The van der Waals surface area contributed by atoms with E-state index in [9.17, 15) is 14.4 Å². The molecule has 4 rings (SSSR count). The number of hydrogen-bond acceptors (Lipinski definition) is 9. The fourth-order valence-electron chi connectivity index (χ4n) is 4.77. The molecule has 3 aromatic rings. The van der Waals surface area contributed by atoms with E-state index >= 15 is 0 Å². The molecule has 2 heterocycles. The second-order valence-corrected chi connectivity index (χ2v) is 12.2. The van der Waals surface area contributed by atoms with E-state index in [0.29, 0.717) is 29.7 Å². The van der Waals surface area contributed by atoms with Crippen LogP contribution in [0.4, 0.5) is 17.2 Å². The van der Waals surface area contributed by atoms with E-state index < -0.39 is 35.4 Å². The maximum Gasteiger partial charge on any atom is 0.257 e. The Hall–Kier alpha value is -3.32. The first kappa shape index (κ1) is 34.2. The SMILES string of the molecule is CN[C@@H](C)C(=O)N[C@H](C(=O)N(C(=O)[C@@H]1CCCN1)c1cc2c(Nc3ccccc3Br)ncnc2cc1OC)C(C)(C)C.Cl. The zero-order chi connectivity index (χ0) is 30.6. The van der Waals surface area contributed by atoms with E-state index in [4.69, 9.17) is 4.74 Å². The van der Waals surface area contributed by atoms with Gasteiger partial charge in [0.05, 0.1) is 36.1 Å². The van der Waals surface area contributed by atoms with E-state index in [2.05, 4.69) is 47.2 Å². The first-order valence-corrected chi connectivity index (χ1v) is 14.7. The number of nitrogens with one attached hydrogen (secondary N) is 4. The maximum atomic E-state index is 14.5. The number of carbonyl (C=O) groups excluding carboxylic acids is 3. The zero-order valence-electron chi connectivity index (χ0n) is 25.2. The number of aromatic nitrogens is 2. The molecule has 3 amide bonds. The monoisotopic (exact) mass is 675 g/mol. The third-order valence-electron chi connectivity index (χ3n) is 7.33. The molecule has 43 heavy (non-hydrogen) atoms. The minimum absolute atomic E-state index is 0. The van der Waals surface area contributed by atoms with Gasteiger partial charge in [0.15, 0.2) is 0 Å². The van der Waals surface area contributed by atoms with Crippen LogP contribution in [-0.4, -0.2) is 66.5 Å². The molecule has 1 fully saturated rings. The topological polar surface area (TPSA) is 138 Å². The van der Waals surface area contributed by atoms with Gasteiger partial charge in [-0.2, -0.15) is 0 Å². The molecule has 232 valence electrons. The molecule has 3 atom stereocenters. The Morgan fingerprint density at radius 3 is 2.49 bits per heavy atom. The first-order chi connectivity index (χ1) is 20.0. The number of halogens is 2. The summed E-state index contributed by atoms with van der Waals surface area (Å²) in [4.78, 5) is 51.6. The Labute approximate surface area is 266 Å². The number of likely N-dealkylation sites (N-methyl/N-ethyl adjacent to an activating group) is 1. The lowest BCUT2D eigenvalue weighted by Gasteiger charge is -2.36. The molecule has 4 N–H and O–H groups in total. The van der Waals surface area contributed by atoms with E-state index in [1.165, 1.54) is 13.4 Å². The largest absolute Gasteiger partial charge is 0.494 e. The van der Waals surface area contributed by atoms with Crippen molar-refractivity contribution in [2.45, 2.75) is 58.7 Å². The zero-order valence-corrected chi connectivity index (χ0v) is 27.6. The average molecular weight is 677 g/mol. The summed E-state index contributed by atoms with van der Waals surface area (Å²) in [5.41, 5.74) is 0.857. The molecule has 13 heteroatoms. The minimum Gasteiger partial charge on any atom is -0.494 e. The number of anilines is 3. The van der Waals surface area contributed by atoms with Crippen LogP contribution in [0.25, 0.3) is 10.9 Å². The summed E-state index contributed by atoms with van der Waals surface area (Å²) >= 11 is 3.55. The van der Waals surface area contributed by atoms with E-state index in [1.807, 2.05) is 45.0 Å². The molecule has 11 nitrogen and oxygen atoms in total. The predicted molar refractivity (Wildman–Crippen MR) is 174 cm³/mol. The first-order valence-electron chi connectivity index (χ1n) is 13.9. The van der Waals surface area contributed by atoms with Gasteiger partial charge < -0.3 is 26.0 Å². The third kappa shape index (κ3) is 7.61. The van der Waals surface area contributed by atoms with Crippen LogP contribution in [0.1, 0.15) is 40.5 Å². The van der Waals surface area contributed by atoms with Crippen LogP contribution in [-0.2, 0) is 14.4 Å². The van der Waals surface area contributed by atoms with Crippen LogP contribution in [0.15, 0.2) is 47.2 Å². The highest BCUT2D eigenvalue weighted by Gasteiger charge is 2.42. The van der Waals surface area contributed by atoms with Crippen molar-refractivity contribution in [3.05, 3.63) is 47.2 Å². The van der Waals surface area contributed by atoms with Crippen LogP contribution in [0.2, 0.25) is 0 Å². The number of imide groups is 1. The second kappa shape index (κ2) is 14.4. The molecule has 0 spiro atoms. The number of fused-ring (bicyclic) bond motifs is 1. The van der Waals surface area contributed by atoms with Crippen molar-refractivity contribution >= 4 is 74.2 Å². The molecule has 0 radical (unpaired) electrons.